The molecular formula is C23H25N3O7. The first-order valence-corrected chi connectivity index (χ1v) is 10.2. The molecule has 174 valence electrons. The summed E-state index contributed by atoms with van der Waals surface area (Å²) >= 11 is 0. The van der Waals surface area contributed by atoms with Crippen molar-refractivity contribution in [2.75, 3.05) is 6.61 Å². The second-order valence-corrected chi connectivity index (χ2v) is 7.12. The number of amides is 2. The van der Waals surface area contributed by atoms with Gasteiger partial charge in [-0.25, -0.2) is 0 Å². The molecule has 0 saturated carbocycles. The van der Waals surface area contributed by atoms with Crippen LogP contribution >= 0.6 is 0 Å². The zero-order valence-corrected chi connectivity index (χ0v) is 18.2. The normalized spacial score (nSPS) is 11.9. The standard InChI is InChI=1S/C23H25N3O7/c1-3-4-13-33-19-11-7-17(8-12-19)21(27)25-20(22(28)24-15(2)23(29)30)14-16-5-9-18(10-6-16)26(31)32/h5-12,14-15H,3-4,13H2,1-2H3,(H,24,28)(H,25,27)(H,29,30). The maximum absolute atomic E-state index is 12.7. The molecular weight excluding hydrogens is 430 g/mol. The fourth-order valence-corrected chi connectivity index (χ4v) is 2.58. The van der Waals surface area contributed by atoms with E-state index in [2.05, 4.69) is 10.6 Å². The number of hydrogen-bond acceptors (Lipinski definition) is 6. The van der Waals surface area contributed by atoms with Gasteiger partial charge in [-0.3, -0.25) is 24.5 Å². The number of ether oxygens (including phenoxy) is 1. The number of nitrogens with one attached hydrogen (secondary N) is 2. The SMILES string of the molecule is CCCCOc1ccc(C(=O)NC(=Cc2ccc([N+](=O)[O-])cc2)C(=O)NC(C)C(=O)O)cc1. The predicted molar refractivity (Wildman–Crippen MR) is 121 cm³/mol. The molecule has 0 heterocycles. The molecule has 10 heteroatoms. The lowest BCUT2D eigenvalue weighted by molar-refractivity contribution is -0.384. The lowest BCUT2D eigenvalue weighted by Gasteiger charge is -2.14. The second kappa shape index (κ2) is 12.0. The van der Waals surface area contributed by atoms with Gasteiger partial charge in [-0.1, -0.05) is 13.3 Å². The van der Waals surface area contributed by atoms with E-state index < -0.39 is 28.7 Å². The average molecular weight is 455 g/mol. The van der Waals surface area contributed by atoms with Crippen molar-refractivity contribution in [2.24, 2.45) is 0 Å². The number of carbonyl (C=O) groups excluding carboxylic acids is 2. The van der Waals surface area contributed by atoms with Crippen LogP contribution in [0, 0.1) is 10.1 Å². The summed E-state index contributed by atoms with van der Waals surface area (Å²) in [7, 11) is 0. The van der Waals surface area contributed by atoms with Gasteiger partial charge < -0.3 is 20.5 Å². The molecule has 0 aliphatic rings. The van der Waals surface area contributed by atoms with Crippen LogP contribution in [0.5, 0.6) is 5.75 Å². The number of nitrogens with zero attached hydrogens (tertiary/aromatic N) is 1. The summed E-state index contributed by atoms with van der Waals surface area (Å²) in [6.45, 7) is 3.89. The summed E-state index contributed by atoms with van der Waals surface area (Å²) < 4.78 is 5.56. The molecule has 2 rings (SSSR count). The van der Waals surface area contributed by atoms with Crippen LogP contribution in [0.3, 0.4) is 0 Å². The first-order chi connectivity index (χ1) is 15.7. The van der Waals surface area contributed by atoms with Crippen molar-refractivity contribution in [3.05, 3.63) is 75.5 Å². The summed E-state index contributed by atoms with van der Waals surface area (Å²) in [4.78, 5) is 46.7. The third-order valence-corrected chi connectivity index (χ3v) is 4.51. The Morgan fingerprint density at radius 3 is 2.30 bits per heavy atom. The Labute approximate surface area is 190 Å². The third kappa shape index (κ3) is 7.76. The summed E-state index contributed by atoms with van der Waals surface area (Å²) in [5.41, 5.74) is 0.299. The number of hydrogen-bond donors (Lipinski definition) is 3. The minimum absolute atomic E-state index is 0.136. The van der Waals surface area contributed by atoms with Gasteiger partial charge in [-0.15, -0.1) is 0 Å². The number of rotatable bonds is 11. The molecule has 2 aromatic rings. The van der Waals surface area contributed by atoms with Gasteiger partial charge in [0.25, 0.3) is 17.5 Å². The number of nitro groups is 1. The number of non-ortho nitro benzene ring substituents is 1. The van der Waals surface area contributed by atoms with Crippen LogP contribution in [0.2, 0.25) is 0 Å². The van der Waals surface area contributed by atoms with Crippen LogP contribution in [0.1, 0.15) is 42.6 Å². The fraction of sp³-hybridized carbons (Fsp3) is 0.261. The molecule has 0 aliphatic carbocycles. The smallest absolute Gasteiger partial charge is 0.325 e. The maximum atomic E-state index is 12.7. The monoisotopic (exact) mass is 455 g/mol. The van der Waals surface area contributed by atoms with Gasteiger partial charge in [0.15, 0.2) is 0 Å². The van der Waals surface area contributed by atoms with E-state index in [4.69, 9.17) is 9.84 Å². The van der Waals surface area contributed by atoms with Crippen LogP contribution < -0.4 is 15.4 Å². The lowest BCUT2D eigenvalue weighted by Crippen LogP contribution is -2.42. The Kier molecular flexibility index (Phi) is 9.10. The fourth-order valence-electron chi connectivity index (χ4n) is 2.58. The number of carbonyl (C=O) groups is 3. The summed E-state index contributed by atoms with van der Waals surface area (Å²) in [6, 6.07) is 10.5. The summed E-state index contributed by atoms with van der Waals surface area (Å²) in [6.07, 6.45) is 3.20. The van der Waals surface area contributed by atoms with Gasteiger partial charge in [0.05, 0.1) is 11.5 Å². The van der Waals surface area contributed by atoms with Crippen LogP contribution in [-0.2, 0) is 9.59 Å². The molecule has 0 bridgehead atoms. The van der Waals surface area contributed by atoms with E-state index in [0.717, 1.165) is 12.8 Å². The number of unbranched alkanes of at least 4 members (excludes halogenated alkanes) is 1. The molecule has 0 aromatic heterocycles. The van der Waals surface area contributed by atoms with Crippen LogP contribution in [0.25, 0.3) is 6.08 Å². The van der Waals surface area contributed by atoms with E-state index in [-0.39, 0.29) is 16.9 Å². The number of carboxylic acids is 1. The van der Waals surface area contributed by atoms with Crippen LogP contribution in [0.4, 0.5) is 5.69 Å². The van der Waals surface area contributed by atoms with Crippen molar-refractivity contribution in [1.29, 1.82) is 0 Å². The molecule has 1 atom stereocenters. The number of carboxylic acid groups (broad SMARTS) is 1. The van der Waals surface area contributed by atoms with E-state index in [1.165, 1.54) is 49.4 Å². The molecule has 0 spiro atoms. The zero-order valence-electron chi connectivity index (χ0n) is 18.2. The Balaban J connectivity index is 2.23. The highest BCUT2D eigenvalue weighted by Gasteiger charge is 2.20. The summed E-state index contributed by atoms with van der Waals surface area (Å²) in [5.74, 6) is -2.06. The van der Waals surface area contributed by atoms with Crippen LogP contribution in [-0.4, -0.2) is 40.5 Å². The van der Waals surface area contributed by atoms with Gasteiger partial charge in [-0.2, -0.15) is 0 Å². The lowest BCUT2D eigenvalue weighted by atomic mass is 10.1. The molecule has 10 nitrogen and oxygen atoms in total. The molecule has 0 radical (unpaired) electrons. The first-order valence-electron chi connectivity index (χ1n) is 10.2. The van der Waals surface area contributed by atoms with E-state index in [1.807, 2.05) is 6.92 Å². The van der Waals surface area contributed by atoms with Crippen molar-refractivity contribution in [2.45, 2.75) is 32.7 Å². The second-order valence-electron chi connectivity index (χ2n) is 7.12. The topological polar surface area (TPSA) is 148 Å². The minimum Gasteiger partial charge on any atom is -0.494 e. The molecule has 1 unspecified atom stereocenters. The van der Waals surface area contributed by atoms with E-state index in [9.17, 15) is 24.5 Å². The zero-order chi connectivity index (χ0) is 24.4. The molecule has 0 saturated heterocycles. The molecule has 2 amide bonds. The molecule has 0 fully saturated rings. The predicted octanol–water partition coefficient (Wildman–Crippen LogP) is 3.13. The van der Waals surface area contributed by atoms with Crippen molar-refractivity contribution in [1.82, 2.24) is 10.6 Å². The van der Waals surface area contributed by atoms with Crippen molar-refractivity contribution in [3.8, 4) is 5.75 Å². The highest BCUT2D eigenvalue weighted by atomic mass is 16.6. The van der Waals surface area contributed by atoms with E-state index >= 15 is 0 Å². The van der Waals surface area contributed by atoms with Gasteiger partial charge in [0, 0.05) is 17.7 Å². The largest absolute Gasteiger partial charge is 0.494 e. The first kappa shape index (κ1) is 25.1. The number of nitro benzene ring substituents is 1. The molecule has 0 aliphatic heterocycles. The van der Waals surface area contributed by atoms with E-state index in [0.29, 0.717) is 17.9 Å². The minimum atomic E-state index is -1.25. The number of benzene rings is 2. The van der Waals surface area contributed by atoms with Crippen molar-refractivity contribution < 1.29 is 29.2 Å². The molecule has 33 heavy (non-hydrogen) atoms. The maximum Gasteiger partial charge on any atom is 0.325 e. The third-order valence-electron chi connectivity index (χ3n) is 4.51. The van der Waals surface area contributed by atoms with Gasteiger partial charge in [0.1, 0.15) is 17.5 Å². The highest BCUT2D eigenvalue weighted by Crippen LogP contribution is 2.16. The van der Waals surface area contributed by atoms with Crippen LogP contribution in [0.15, 0.2) is 54.2 Å². The van der Waals surface area contributed by atoms with Gasteiger partial charge in [-0.05, 0) is 61.4 Å². The van der Waals surface area contributed by atoms with Gasteiger partial charge >= 0.3 is 5.97 Å². The number of aliphatic carboxylic acids is 1. The highest BCUT2D eigenvalue weighted by molar-refractivity contribution is 6.06. The Bertz CT molecular complexity index is 1030. The molecule has 3 N–H and O–H groups in total. The quantitative estimate of drug-likeness (QED) is 0.204. The van der Waals surface area contributed by atoms with Crippen molar-refractivity contribution in [3.63, 3.8) is 0 Å². The average Bonchev–Trinajstić information content (AvgIpc) is 2.79. The van der Waals surface area contributed by atoms with Crippen molar-refractivity contribution >= 4 is 29.5 Å². The molecule has 2 aromatic carbocycles. The van der Waals surface area contributed by atoms with Gasteiger partial charge in [0.2, 0.25) is 0 Å². The Morgan fingerprint density at radius 2 is 1.76 bits per heavy atom. The Hall–Kier alpha value is -4.21. The Morgan fingerprint density at radius 1 is 1.12 bits per heavy atom. The van der Waals surface area contributed by atoms with E-state index in [1.54, 1.807) is 12.1 Å². The summed E-state index contributed by atoms with van der Waals surface area (Å²) in [5, 5.41) is 24.6.